The number of amides is 1. The van der Waals surface area contributed by atoms with Crippen LogP contribution in [-0.2, 0) is 27.8 Å². The molecular weight excluding hydrogens is 404 g/mol. The summed E-state index contributed by atoms with van der Waals surface area (Å²) in [6, 6.07) is 3.77. The lowest BCUT2D eigenvalue weighted by Crippen LogP contribution is -2.38. The number of sulfonamides is 1. The Morgan fingerprint density at radius 3 is 2.70 bits per heavy atom. The second-order valence-corrected chi connectivity index (χ2v) is 9.97. The van der Waals surface area contributed by atoms with Gasteiger partial charge in [-0.15, -0.1) is 0 Å². The van der Waals surface area contributed by atoms with Gasteiger partial charge in [0.15, 0.2) is 0 Å². The molecule has 1 amide bonds. The molecule has 0 aliphatic carbocycles. The van der Waals surface area contributed by atoms with Crippen molar-refractivity contribution in [3.05, 3.63) is 35.5 Å². The molecule has 1 aliphatic heterocycles. The van der Waals surface area contributed by atoms with Gasteiger partial charge in [0.25, 0.3) is 0 Å². The van der Waals surface area contributed by atoms with Gasteiger partial charge in [-0.05, 0) is 51.2 Å². The van der Waals surface area contributed by atoms with Crippen LogP contribution in [0.25, 0.3) is 0 Å². The molecule has 0 spiro atoms. The largest absolute Gasteiger partial charge is 0.469 e. The van der Waals surface area contributed by atoms with E-state index >= 15 is 0 Å². The SMILES string of the molecule is Cc1nn(CCC(=O)NCCCc2ccco2)c(C)c1S(=O)(=O)N1CCC(C)CC1. The Balaban J connectivity index is 1.54. The first-order valence-electron chi connectivity index (χ1n) is 10.6. The van der Waals surface area contributed by atoms with Crippen molar-refractivity contribution in [3.8, 4) is 0 Å². The molecule has 8 nitrogen and oxygen atoms in total. The predicted molar refractivity (Wildman–Crippen MR) is 114 cm³/mol. The third-order valence-corrected chi connectivity index (χ3v) is 7.86. The molecule has 0 unspecified atom stereocenters. The van der Waals surface area contributed by atoms with Crippen LogP contribution >= 0.6 is 0 Å². The fourth-order valence-corrected chi connectivity index (χ4v) is 5.71. The average molecular weight is 437 g/mol. The van der Waals surface area contributed by atoms with Crippen molar-refractivity contribution in [1.82, 2.24) is 19.4 Å². The summed E-state index contributed by atoms with van der Waals surface area (Å²) in [6.07, 6.45) is 5.24. The van der Waals surface area contributed by atoms with Gasteiger partial charge in [-0.1, -0.05) is 6.92 Å². The molecule has 0 saturated carbocycles. The van der Waals surface area contributed by atoms with Crippen molar-refractivity contribution in [2.45, 2.75) is 64.3 Å². The molecule has 1 saturated heterocycles. The molecule has 2 aromatic heterocycles. The zero-order valence-corrected chi connectivity index (χ0v) is 18.9. The van der Waals surface area contributed by atoms with Crippen molar-refractivity contribution in [3.63, 3.8) is 0 Å². The van der Waals surface area contributed by atoms with Gasteiger partial charge < -0.3 is 9.73 Å². The van der Waals surface area contributed by atoms with Crippen molar-refractivity contribution >= 4 is 15.9 Å². The number of furan rings is 1. The van der Waals surface area contributed by atoms with E-state index in [1.54, 1.807) is 29.1 Å². The number of carbonyl (C=O) groups is 1. The van der Waals surface area contributed by atoms with E-state index in [2.05, 4.69) is 17.3 Å². The van der Waals surface area contributed by atoms with Gasteiger partial charge in [0.2, 0.25) is 15.9 Å². The van der Waals surface area contributed by atoms with Gasteiger partial charge in [-0.2, -0.15) is 9.40 Å². The van der Waals surface area contributed by atoms with Crippen LogP contribution in [0.4, 0.5) is 0 Å². The van der Waals surface area contributed by atoms with Gasteiger partial charge >= 0.3 is 0 Å². The van der Waals surface area contributed by atoms with Gasteiger partial charge in [0.05, 0.1) is 24.2 Å². The topological polar surface area (TPSA) is 97.4 Å². The fraction of sp³-hybridized carbons (Fsp3) is 0.619. The molecule has 1 N–H and O–H groups in total. The minimum atomic E-state index is -3.56. The Kier molecular flexibility index (Phi) is 7.36. The van der Waals surface area contributed by atoms with Crippen LogP contribution in [0.5, 0.6) is 0 Å². The Bertz CT molecular complexity index is 942. The van der Waals surface area contributed by atoms with Crippen molar-refractivity contribution < 1.29 is 17.6 Å². The molecular formula is C21H32N4O4S. The summed E-state index contributed by atoms with van der Waals surface area (Å²) < 4.78 is 34.8. The standard InChI is InChI=1S/C21H32N4O4S/c1-16-8-12-24(13-9-16)30(27,28)21-17(2)23-25(18(21)3)14-10-20(26)22-11-4-6-19-7-5-15-29-19/h5,7,15-16H,4,6,8-14H2,1-3H3,(H,22,26). The first kappa shape index (κ1) is 22.6. The fourth-order valence-electron chi connectivity index (χ4n) is 3.87. The third kappa shape index (κ3) is 5.31. The smallest absolute Gasteiger partial charge is 0.246 e. The van der Waals surface area contributed by atoms with Gasteiger partial charge in [-0.25, -0.2) is 8.42 Å². The maximum atomic E-state index is 13.1. The molecule has 1 aliphatic rings. The highest BCUT2D eigenvalue weighted by atomic mass is 32.2. The molecule has 2 aromatic rings. The summed E-state index contributed by atoms with van der Waals surface area (Å²) in [7, 11) is -3.56. The molecule has 30 heavy (non-hydrogen) atoms. The van der Waals surface area contributed by atoms with Gasteiger partial charge in [0, 0.05) is 32.5 Å². The summed E-state index contributed by atoms with van der Waals surface area (Å²) in [5.41, 5.74) is 1.08. The first-order valence-corrected chi connectivity index (χ1v) is 12.1. The Labute approximate surface area is 178 Å². The van der Waals surface area contributed by atoms with E-state index in [1.165, 1.54) is 0 Å². The monoisotopic (exact) mass is 436 g/mol. The van der Waals surface area contributed by atoms with E-state index in [0.29, 0.717) is 43.5 Å². The van der Waals surface area contributed by atoms with Crippen LogP contribution in [0.3, 0.4) is 0 Å². The van der Waals surface area contributed by atoms with Crippen LogP contribution in [0.1, 0.15) is 49.8 Å². The van der Waals surface area contributed by atoms with Crippen LogP contribution in [0, 0.1) is 19.8 Å². The summed E-state index contributed by atoms with van der Waals surface area (Å²) in [5, 5.41) is 7.30. The van der Waals surface area contributed by atoms with Gasteiger partial charge in [-0.3, -0.25) is 9.48 Å². The second-order valence-electron chi connectivity index (χ2n) is 8.09. The summed E-state index contributed by atoms with van der Waals surface area (Å²) in [5.74, 6) is 1.39. The van der Waals surface area contributed by atoms with Crippen LogP contribution in [-0.4, -0.2) is 48.0 Å². The Morgan fingerprint density at radius 1 is 1.30 bits per heavy atom. The summed E-state index contributed by atoms with van der Waals surface area (Å²) in [6.45, 7) is 7.66. The maximum absolute atomic E-state index is 13.1. The average Bonchev–Trinajstić information content (AvgIpc) is 3.31. The number of hydrogen-bond acceptors (Lipinski definition) is 5. The van der Waals surface area contributed by atoms with Crippen molar-refractivity contribution in [2.24, 2.45) is 5.92 Å². The van der Waals surface area contributed by atoms with E-state index in [9.17, 15) is 13.2 Å². The molecule has 0 aromatic carbocycles. The molecule has 3 rings (SSSR count). The third-order valence-electron chi connectivity index (χ3n) is 5.71. The van der Waals surface area contributed by atoms with E-state index in [-0.39, 0.29) is 17.2 Å². The number of carbonyl (C=O) groups excluding carboxylic acids is 1. The minimum Gasteiger partial charge on any atom is -0.469 e. The lowest BCUT2D eigenvalue weighted by Gasteiger charge is -2.29. The number of aryl methyl sites for hydroxylation is 3. The second kappa shape index (κ2) is 9.78. The lowest BCUT2D eigenvalue weighted by atomic mass is 10.0. The van der Waals surface area contributed by atoms with Crippen molar-refractivity contribution in [2.75, 3.05) is 19.6 Å². The van der Waals surface area contributed by atoms with E-state index in [0.717, 1.165) is 31.4 Å². The summed E-state index contributed by atoms with van der Waals surface area (Å²) in [4.78, 5) is 12.4. The normalized spacial score (nSPS) is 16.1. The molecule has 0 bridgehead atoms. The summed E-state index contributed by atoms with van der Waals surface area (Å²) >= 11 is 0. The number of nitrogens with zero attached hydrogens (tertiary/aromatic N) is 3. The number of aromatic nitrogens is 2. The van der Waals surface area contributed by atoms with E-state index < -0.39 is 10.0 Å². The highest BCUT2D eigenvalue weighted by Crippen LogP contribution is 2.27. The highest BCUT2D eigenvalue weighted by molar-refractivity contribution is 7.89. The van der Waals surface area contributed by atoms with Crippen molar-refractivity contribution in [1.29, 1.82) is 0 Å². The number of rotatable bonds is 9. The molecule has 3 heterocycles. The minimum absolute atomic E-state index is 0.0728. The quantitative estimate of drug-likeness (QED) is 0.610. The zero-order valence-electron chi connectivity index (χ0n) is 18.1. The van der Waals surface area contributed by atoms with E-state index in [1.807, 2.05) is 12.1 Å². The zero-order chi connectivity index (χ0) is 21.7. The highest BCUT2D eigenvalue weighted by Gasteiger charge is 2.32. The number of piperidine rings is 1. The van der Waals surface area contributed by atoms with Crippen LogP contribution < -0.4 is 5.32 Å². The maximum Gasteiger partial charge on any atom is 0.246 e. The molecule has 1 fully saturated rings. The van der Waals surface area contributed by atoms with E-state index in [4.69, 9.17) is 4.42 Å². The Hall–Kier alpha value is -2.13. The van der Waals surface area contributed by atoms with Crippen LogP contribution in [0.2, 0.25) is 0 Å². The van der Waals surface area contributed by atoms with Crippen LogP contribution in [0.15, 0.2) is 27.7 Å². The number of nitrogens with one attached hydrogen (secondary N) is 1. The molecule has 0 atom stereocenters. The molecule has 166 valence electrons. The predicted octanol–water partition coefficient (Wildman–Crippen LogP) is 2.65. The molecule has 9 heteroatoms. The lowest BCUT2D eigenvalue weighted by molar-refractivity contribution is -0.121. The number of hydrogen-bond donors (Lipinski definition) is 1. The Morgan fingerprint density at radius 2 is 2.03 bits per heavy atom. The first-order chi connectivity index (χ1) is 14.3. The molecule has 0 radical (unpaired) electrons. The van der Waals surface area contributed by atoms with Gasteiger partial charge in [0.1, 0.15) is 10.7 Å².